The maximum Gasteiger partial charge on any atom is 0.271 e. The zero-order chi connectivity index (χ0) is 22.5. The quantitative estimate of drug-likeness (QED) is 0.381. The monoisotopic (exact) mass is 460 g/mol. The fourth-order valence-corrected chi connectivity index (χ4v) is 4.79. The third kappa shape index (κ3) is 5.05. The van der Waals surface area contributed by atoms with E-state index in [0.717, 1.165) is 49.3 Å². The van der Waals surface area contributed by atoms with Gasteiger partial charge in [0.25, 0.3) is 5.88 Å². The third-order valence-electron chi connectivity index (χ3n) is 5.94. The molecule has 7 heteroatoms. The van der Waals surface area contributed by atoms with Gasteiger partial charge >= 0.3 is 0 Å². The van der Waals surface area contributed by atoms with Crippen molar-refractivity contribution in [3.05, 3.63) is 107 Å². The molecule has 0 unspecified atom stereocenters. The van der Waals surface area contributed by atoms with Gasteiger partial charge in [-0.05, 0) is 28.8 Å². The normalized spacial score (nSPS) is 14.5. The molecule has 1 fully saturated rings. The summed E-state index contributed by atoms with van der Waals surface area (Å²) in [4.78, 5) is 4.77. The molecule has 0 amide bonds. The number of benzene rings is 3. The lowest BCUT2D eigenvalue weighted by molar-refractivity contribution is 0.211. The van der Waals surface area contributed by atoms with Gasteiger partial charge in [0.05, 0.1) is 17.8 Å². The summed E-state index contributed by atoms with van der Waals surface area (Å²) in [7, 11) is 0. The Hall–Kier alpha value is -3.29. The van der Waals surface area contributed by atoms with Gasteiger partial charge in [0.1, 0.15) is 12.4 Å². The summed E-state index contributed by atoms with van der Waals surface area (Å²) in [6.45, 7) is 3.83. The van der Waals surface area contributed by atoms with Crippen LogP contribution in [0.25, 0.3) is 0 Å². The van der Waals surface area contributed by atoms with Gasteiger partial charge in [0.2, 0.25) is 5.82 Å². The van der Waals surface area contributed by atoms with E-state index < -0.39 is 0 Å². The van der Waals surface area contributed by atoms with Crippen LogP contribution in [0.1, 0.15) is 22.7 Å². The maximum atomic E-state index is 13.1. The van der Waals surface area contributed by atoms with Crippen LogP contribution in [0.4, 0.5) is 10.2 Å². The van der Waals surface area contributed by atoms with Crippen molar-refractivity contribution >= 4 is 17.5 Å². The molecule has 0 spiro atoms. The molecule has 1 aliphatic rings. The number of piperazine rings is 1. The van der Waals surface area contributed by atoms with Crippen LogP contribution in [-0.2, 0) is 6.61 Å². The summed E-state index contributed by atoms with van der Waals surface area (Å²) in [5.74, 6) is 1.08. The van der Waals surface area contributed by atoms with E-state index in [4.69, 9.17) is 4.74 Å². The zero-order valence-electron chi connectivity index (χ0n) is 18.2. The Kier molecular flexibility index (Phi) is 6.60. The van der Waals surface area contributed by atoms with E-state index in [1.807, 2.05) is 0 Å². The predicted octanol–water partition coefficient (Wildman–Crippen LogP) is 5.17. The van der Waals surface area contributed by atoms with Gasteiger partial charge in [-0.2, -0.15) is 4.37 Å². The van der Waals surface area contributed by atoms with Gasteiger partial charge in [0.15, 0.2) is 0 Å². The van der Waals surface area contributed by atoms with E-state index in [1.54, 1.807) is 12.1 Å². The average Bonchev–Trinajstić information content (AvgIpc) is 3.34. The summed E-state index contributed by atoms with van der Waals surface area (Å²) < 4.78 is 27.9. The number of halogens is 1. The van der Waals surface area contributed by atoms with Gasteiger partial charge in [-0.3, -0.25) is 4.90 Å². The summed E-state index contributed by atoms with van der Waals surface area (Å²) >= 11 is 1.16. The molecule has 4 aromatic rings. The number of hydrogen-bond donors (Lipinski definition) is 0. The fourth-order valence-electron chi connectivity index (χ4n) is 4.27. The molecule has 5 nitrogen and oxygen atoms in total. The van der Waals surface area contributed by atoms with Crippen molar-refractivity contribution in [2.45, 2.75) is 12.6 Å². The highest BCUT2D eigenvalue weighted by Crippen LogP contribution is 2.32. The molecule has 33 heavy (non-hydrogen) atoms. The van der Waals surface area contributed by atoms with Crippen molar-refractivity contribution < 1.29 is 9.13 Å². The molecule has 0 atom stereocenters. The fraction of sp³-hybridized carbons (Fsp3) is 0.231. The second-order valence-corrected chi connectivity index (χ2v) is 8.58. The third-order valence-corrected chi connectivity index (χ3v) is 6.44. The molecule has 0 N–H and O–H groups in total. The minimum absolute atomic E-state index is 0.220. The van der Waals surface area contributed by atoms with Crippen molar-refractivity contribution in [1.29, 1.82) is 0 Å². The van der Waals surface area contributed by atoms with Crippen LogP contribution in [-0.4, -0.2) is 39.8 Å². The second kappa shape index (κ2) is 10.1. The lowest BCUT2D eigenvalue weighted by Crippen LogP contribution is -2.48. The molecular formula is C26H25FN4OS. The molecule has 0 radical (unpaired) electrons. The lowest BCUT2D eigenvalue weighted by atomic mass is 9.96. The topological polar surface area (TPSA) is 41.5 Å². The first-order valence-corrected chi connectivity index (χ1v) is 11.8. The van der Waals surface area contributed by atoms with Crippen LogP contribution in [0.5, 0.6) is 5.88 Å². The van der Waals surface area contributed by atoms with Gasteiger partial charge in [0, 0.05) is 26.2 Å². The molecule has 0 bridgehead atoms. The predicted molar refractivity (Wildman–Crippen MR) is 129 cm³/mol. The van der Waals surface area contributed by atoms with Crippen LogP contribution in [0.2, 0.25) is 0 Å². The maximum absolute atomic E-state index is 13.1. The first-order chi connectivity index (χ1) is 16.3. The molecule has 3 aromatic carbocycles. The van der Waals surface area contributed by atoms with E-state index in [-0.39, 0.29) is 11.9 Å². The molecule has 1 aliphatic heterocycles. The Morgan fingerprint density at radius 1 is 0.788 bits per heavy atom. The standard InChI is InChI=1S/C26H25FN4OS/c27-23-13-11-20(12-14-23)19-32-26-25(28-33-29-26)31-17-15-30(16-18-31)24(21-7-3-1-4-8-21)22-9-5-2-6-10-22/h1-14,24H,15-19H2. The highest BCUT2D eigenvalue weighted by molar-refractivity contribution is 6.99. The van der Waals surface area contributed by atoms with Crippen molar-refractivity contribution in [3.63, 3.8) is 0 Å². The van der Waals surface area contributed by atoms with Crippen LogP contribution in [0, 0.1) is 5.82 Å². The number of nitrogens with zero attached hydrogens (tertiary/aromatic N) is 4. The summed E-state index contributed by atoms with van der Waals surface area (Å²) in [6.07, 6.45) is 0. The molecule has 168 valence electrons. The van der Waals surface area contributed by atoms with E-state index in [1.165, 1.54) is 23.3 Å². The van der Waals surface area contributed by atoms with Gasteiger partial charge in [-0.15, -0.1) is 4.37 Å². The number of aromatic nitrogens is 2. The summed E-state index contributed by atoms with van der Waals surface area (Å²) in [5.41, 5.74) is 3.50. The minimum atomic E-state index is -0.253. The van der Waals surface area contributed by atoms with Crippen molar-refractivity contribution in [2.75, 3.05) is 31.1 Å². The van der Waals surface area contributed by atoms with E-state index >= 15 is 0 Å². The van der Waals surface area contributed by atoms with Gasteiger partial charge in [-0.25, -0.2) is 4.39 Å². The highest BCUT2D eigenvalue weighted by atomic mass is 32.1. The molecule has 1 aromatic heterocycles. The van der Waals surface area contributed by atoms with Crippen LogP contribution >= 0.6 is 11.7 Å². The van der Waals surface area contributed by atoms with Crippen LogP contribution < -0.4 is 9.64 Å². The van der Waals surface area contributed by atoms with E-state index in [9.17, 15) is 4.39 Å². The van der Waals surface area contributed by atoms with Crippen molar-refractivity contribution in [2.24, 2.45) is 0 Å². The number of anilines is 1. The van der Waals surface area contributed by atoms with E-state index in [0.29, 0.717) is 12.5 Å². The lowest BCUT2D eigenvalue weighted by Gasteiger charge is -2.39. The molecule has 2 heterocycles. The average molecular weight is 461 g/mol. The Labute approximate surface area is 197 Å². The minimum Gasteiger partial charge on any atom is -0.470 e. The molecule has 5 rings (SSSR count). The zero-order valence-corrected chi connectivity index (χ0v) is 19.0. The first kappa shape index (κ1) is 21.6. The van der Waals surface area contributed by atoms with Crippen molar-refractivity contribution in [1.82, 2.24) is 13.6 Å². The Bertz CT molecular complexity index is 1110. The smallest absolute Gasteiger partial charge is 0.271 e. The van der Waals surface area contributed by atoms with E-state index in [2.05, 4.69) is 79.2 Å². The van der Waals surface area contributed by atoms with Crippen molar-refractivity contribution in [3.8, 4) is 5.88 Å². The number of ether oxygens (including phenoxy) is 1. The molecule has 0 saturated carbocycles. The molecular weight excluding hydrogens is 435 g/mol. The van der Waals surface area contributed by atoms with Crippen LogP contribution in [0.3, 0.4) is 0 Å². The molecule has 1 saturated heterocycles. The number of hydrogen-bond acceptors (Lipinski definition) is 6. The van der Waals surface area contributed by atoms with Crippen LogP contribution in [0.15, 0.2) is 84.9 Å². The first-order valence-electron chi connectivity index (χ1n) is 11.1. The van der Waals surface area contributed by atoms with Gasteiger partial charge < -0.3 is 9.64 Å². The Morgan fingerprint density at radius 2 is 1.39 bits per heavy atom. The highest BCUT2D eigenvalue weighted by Gasteiger charge is 2.28. The largest absolute Gasteiger partial charge is 0.470 e. The van der Waals surface area contributed by atoms with Gasteiger partial charge in [-0.1, -0.05) is 72.8 Å². The SMILES string of the molecule is Fc1ccc(COc2nsnc2N2CCN(C(c3ccccc3)c3ccccc3)CC2)cc1. The summed E-state index contributed by atoms with van der Waals surface area (Å²) in [6, 6.07) is 27.9. The Balaban J connectivity index is 1.27. The second-order valence-electron chi connectivity index (χ2n) is 8.06. The Morgan fingerprint density at radius 3 is 2.00 bits per heavy atom. The molecule has 0 aliphatic carbocycles. The summed E-state index contributed by atoms with van der Waals surface area (Å²) in [5, 5.41) is 0. The number of rotatable bonds is 7.